The van der Waals surface area contributed by atoms with Gasteiger partial charge in [-0.15, -0.1) is 5.11 Å². The van der Waals surface area contributed by atoms with E-state index in [9.17, 15) is 10.1 Å². The van der Waals surface area contributed by atoms with Gasteiger partial charge in [0.25, 0.3) is 5.69 Å². The van der Waals surface area contributed by atoms with Gasteiger partial charge in [-0.2, -0.15) is 10.4 Å². The first-order valence-corrected chi connectivity index (χ1v) is 6.39. The zero-order valence-corrected chi connectivity index (χ0v) is 12.1. The molecule has 0 unspecified atom stereocenters. The Labute approximate surface area is 126 Å². The van der Waals surface area contributed by atoms with E-state index in [1.54, 1.807) is 25.1 Å². The van der Waals surface area contributed by atoms with Crippen LogP contribution in [0, 0.1) is 35.3 Å². The first-order chi connectivity index (χ1) is 10.4. The zero-order chi connectivity index (χ0) is 16.3. The molecular weight excluding hydrogens is 282 g/mol. The van der Waals surface area contributed by atoms with E-state index in [-0.39, 0.29) is 11.3 Å². The van der Waals surface area contributed by atoms with Crippen LogP contribution in [0.3, 0.4) is 0 Å². The maximum atomic E-state index is 10.8. The fourth-order valence-corrected chi connectivity index (χ4v) is 1.91. The number of nitriles is 1. The number of nitrogen functional groups attached to an aromatic ring is 1. The molecular formula is C15H13N5O2. The van der Waals surface area contributed by atoms with E-state index in [1.807, 2.05) is 13.0 Å². The Balaban J connectivity index is 2.44. The molecule has 0 aromatic heterocycles. The highest BCUT2D eigenvalue weighted by molar-refractivity contribution is 5.63. The van der Waals surface area contributed by atoms with Crippen molar-refractivity contribution in [2.75, 3.05) is 5.73 Å². The van der Waals surface area contributed by atoms with Crippen molar-refractivity contribution in [2.24, 2.45) is 10.2 Å². The second-order valence-corrected chi connectivity index (χ2v) is 4.77. The SMILES string of the molecule is Cc1cc(N=Nc2c(C)cc([N+](=O)[O-])cc2C#N)ccc1N. The molecule has 0 radical (unpaired) electrons. The first-order valence-electron chi connectivity index (χ1n) is 6.39. The predicted molar refractivity (Wildman–Crippen MR) is 82.3 cm³/mol. The molecule has 0 aliphatic heterocycles. The van der Waals surface area contributed by atoms with Gasteiger partial charge in [0, 0.05) is 17.8 Å². The summed E-state index contributed by atoms with van der Waals surface area (Å²) >= 11 is 0. The van der Waals surface area contributed by atoms with Gasteiger partial charge in [-0.25, -0.2) is 0 Å². The minimum atomic E-state index is -0.544. The van der Waals surface area contributed by atoms with Crippen LogP contribution < -0.4 is 5.73 Å². The fourth-order valence-electron chi connectivity index (χ4n) is 1.91. The lowest BCUT2D eigenvalue weighted by Crippen LogP contribution is -1.91. The number of nitro groups is 1. The Morgan fingerprint density at radius 3 is 2.50 bits per heavy atom. The fraction of sp³-hybridized carbons (Fsp3) is 0.133. The standard InChI is InChI=1S/C15H13N5O2/c1-9-5-12(3-4-14(9)17)18-19-15-10(2)6-13(20(21)22)7-11(15)8-16/h3-7H,17H2,1-2H3. The van der Waals surface area contributed by atoms with Gasteiger partial charge < -0.3 is 5.73 Å². The Morgan fingerprint density at radius 2 is 1.91 bits per heavy atom. The molecule has 0 bridgehead atoms. The van der Waals surface area contributed by atoms with Crippen LogP contribution in [-0.2, 0) is 0 Å². The molecule has 2 N–H and O–H groups in total. The minimum absolute atomic E-state index is 0.114. The molecule has 7 nitrogen and oxygen atoms in total. The van der Waals surface area contributed by atoms with Crippen molar-refractivity contribution >= 4 is 22.7 Å². The van der Waals surface area contributed by atoms with Gasteiger partial charge in [0.2, 0.25) is 0 Å². The average Bonchev–Trinajstić information content (AvgIpc) is 2.48. The summed E-state index contributed by atoms with van der Waals surface area (Å²) in [7, 11) is 0. The van der Waals surface area contributed by atoms with Crippen LogP contribution in [0.15, 0.2) is 40.6 Å². The molecule has 2 aromatic carbocycles. The molecule has 2 aromatic rings. The molecule has 0 amide bonds. The van der Waals surface area contributed by atoms with Crippen LogP contribution in [-0.4, -0.2) is 4.92 Å². The van der Waals surface area contributed by atoms with Gasteiger partial charge >= 0.3 is 0 Å². The molecule has 0 saturated carbocycles. The molecule has 22 heavy (non-hydrogen) atoms. The number of rotatable bonds is 3. The number of hydrogen-bond acceptors (Lipinski definition) is 6. The van der Waals surface area contributed by atoms with Crippen molar-refractivity contribution in [3.05, 3.63) is 57.1 Å². The molecule has 110 valence electrons. The Kier molecular flexibility index (Phi) is 4.13. The second-order valence-electron chi connectivity index (χ2n) is 4.77. The third-order valence-electron chi connectivity index (χ3n) is 3.14. The van der Waals surface area contributed by atoms with Crippen LogP contribution in [0.1, 0.15) is 16.7 Å². The zero-order valence-electron chi connectivity index (χ0n) is 12.1. The number of nitro benzene ring substituents is 1. The summed E-state index contributed by atoms with van der Waals surface area (Å²) in [5.74, 6) is 0. The third-order valence-corrected chi connectivity index (χ3v) is 3.14. The lowest BCUT2D eigenvalue weighted by atomic mass is 10.1. The van der Waals surface area contributed by atoms with Crippen molar-refractivity contribution in [3.63, 3.8) is 0 Å². The number of benzene rings is 2. The summed E-state index contributed by atoms with van der Waals surface area (Å²) in [5, 5.41) is 28.1. The van der Waals surface area contributed by atoms with E-state index < -0.39 is 4.92 Å². The van der Waals surface area contributed by atoms with E-state index in [0.717, 1.165) is 5.56 Å². The van der Waals surface area contributed by atoms with Crippen LogP contribution >= 0.6 is 0 Å². The molecule has 0 spiro atoms. The van der Waals surface area contributed by atoms with Crippen LogP contribution in [0.2, 0.25) is 0 Å². The Bertz CT molecular complexity index is 821. The molecule has 0 fully saturated rings. The molecule has 7 heteroatoms. The first kappa shape index (κ1) is 15.1. The van der Waals surface area contributed by atoms with Gasteiger partial charge in [-0.05, 0) is 43.2 Å². The van der Waals surface area contributed by atoms with Gasteiger partial charge in [0.05, 0.1) is 16.2 Å². The van der Waals surface area contributed by atoms with Gasteiger partial charge in [-0.3, -0.25) is 10.1 Å². The second kappa shape index (κ2) is 6.01. The van der Waals surface area contributed by atoms with Crippen LogP contribution in [0.5, 0.6) is 0 Å². The van der Waals surface area contributed by atoms with E-state index >= 15 is 0 Å². The van der Waals surface area contributed by atoms with E-state index in [1.165, 1.54) is 12.1 Å². The Hall–Kier alpha value is -3.27. The van der Waals surface area contributed by atoms with Crippen LogP contribution in [0.4, 0.5) is 22.7 Å². The normalized spacial score (nSPS) is 10.6. The summed E-state index contributed by atoms with van der Waals surface area (Å²) in [6.45, 7) is 3.50. The van der Waals surface area contributed by atoms with Crippen LogP contribution in [0.25, 0.3) is 0 Å². The number of azo groups is 1. The monoisotopic (exact) mass is 295 g/mol. The lowest BCUT2D eigenvalue weighted by molar-refractivity contribution is -0.384. The quantitative estimate of drug-likeness (QED) is 0.397. The molecule has 0 saturated heterocycles. The summed E-state index contributed by atoms with van der Waals surface area (Å²) in [6, 6.07) is 9.66. The van der Waals surface area contributed by atoms with E-state index in [2.05, 4.69) is 10.2 Å². The topological polar surface area (TPSA) is 118 Å². The largest absolute Gasteiger partial charge is 0.399 e. The number of hydrogen-bond donors (Lipinski definition) is 1. The molecule has 2 rings (SSSR count). The van der Waals surface area contributed by atoms with E-state index in [0.29, 0.717) is 22.6 Å². The van der Waals surface area contributed by atoms with Crippen molar-refractivity contribution in [1.82, 2.24) is 0 Å². The average molecular weight is 295 g/mol. The minimum Gasteiger partial charge on any atom is -0.399 e. The van der Waals surface area contributed by atoms with Gasteiger partial charge in [0.1, 0.15) is 11.8 Å². The summed E-state index contributed by atoms with van der Waals surface area (Å²) in [5.41, 5.74) is 8.66. The highest BCUT2D eigenvalue weighted by atomic mass is 16.6. The number of nitrogens with zero attached hydrogens (tertiary/aromatic N) is 4. The molecule has 0 heterocycles. The van der Waals surface area contributed by atoms with Crippen molar-refractivity contribution in [3.8, 4) is 6.07 Å². The summed E-state index contributed by atoms with van der Waals surface area (Å²) < 4.78 is 0. The number of non-ortho nitro benzene ring substituents is 1. The van der Waals surface area contributed by atoms with Crippen molar-refractivity contribution in [2.45, 2.75) is 13.8 Å². The summed E-state index contributed by atoms with van der Waals surface area (Å²) in [4.78, 5) is 10.3. The van der Waals surface area contributed by atoms with Gasteiger partial charge in [-0.1, -0.05) is 0 Å². The molecule has 0 aliphatic carbocycles. The number of anilines is 1. The smallest absolute Gasteiger partial charge is 0.271 e. The van der Waals surface area contributed by atoms with Crippen molar-refractivity contribution < 1.29 is 4.92 Å². The molecule has 0 aliphatic rings. The highest BCUT2D eigenvalue weighted by Gasteiger charge is 2.14. The Morgan fingerprint density at radius 1 is 1.18 bits per heavy atom. The highest BCUT2D eigenvalue weighted by Crippen LogP contribution is 2.30. The number of aryl methyl sites for hydroxylation is 2. The summed E-state index contributed by atoms with van der Waals surface area (Å²) in [6.07, 6.45) is 0. The third kappa shape index (κ3) is 3.07. The van der Waals surface area contributed by atoms with E-state index in [4.69, 9.17) is 11.0 Å². The maximum Gasteiger partial charge on any atom is 0.271 e. The molecule has 0 atom stereocenters. The maximum absolute atomic E-state index is 10.8. The van der Waals surface area contributed by atoms with Crippen molar-refractivity contribution in [1.29, 1.82) is 5.26 Å². The number of nitrogens with two attached hydrogens (primary N) is 1. The van der Waals surface area contributed by atoms with Gasteiger partial charge in [0.15, 0.2) is 0 Å². The predicted octanol–water partition coefficient (Wildman–Crippen LogP) is 4.08. The lowest BCUT2D eigenvalue weighted by Gasteiger charge is -2.03.